The molecule has 2 aromatic rings. The highest BCUT2D eigenvalue weighted by Crippen LogP contribution is 2.49. The fourth-order valence-corrected chi connectivity index (χ4v) is 5.39. The van der Waals surface area contributed by atoms with Crippen molar-refractivity contribution in [3.63, 3.8) is 0 Å². The Morgan fingerprint density at radius 3 is 2.40 bits per heavy atom. The molecule has 30 heavy (non-hydrogen) atoms. The van der Waals surface area contributed by atoms with Gasteiger partial charge in [-0.3, -0.25) is 4.79 Å². The summed E-state index contributed by atoms with van der Waals surface area (Å²) < 4.78 is 23.9. The van der Waals surface area contributed by atoms with E-state index in [1.807, 2.05) is 36.4 Å². The minimum Gasteiger partial charge on any atom is -0.371 e. The predicted molar refractivity (Wildman–Crippen MR) is 120 cm³/mol. The van der Waals surface area contributed by atoms with Crippen LogP contribution in [0.15, 0.2) is 53.4 Å². The first-order valence-electron chi connectivity index (χ1n) is 10.5. The van der Waals surface area contributed by atoms with Crippen molar-refractivity contribution in [2.75, 3.05) is 23.7 Å². The number of hydrogen-bond acceptors (Lipinski definition) is 4. The Morgan fingerprint density at radius 1 is 1.10 bits per heavy atom. The van der Waals surface area contributed by atoms with E-state index >= 15 is 0 Å². The van der Waals surface area contributed by atoms with E-state index in [2.05, 4.69) is 10.2 Å². The SMILES string of the molecule is CCS(=O)(=O)c1ccc(N2CCC(NC(=O)C3CC3c3ccccc3Cl)CC2)cc1. The van der Waals surface area contributed by atoms with Crippen molar-refractivity contribution < 1.29 is 13.2 Å². The second kappa shape index (κ2) is 8.60. The van der Waals surface area contributed by atoms with Crippen LogP contribution in [0.5, 0.6) is 0 Å². The van der Waals surface area contributed by atoms with Gasteiger partial charge in [0, 0.05) is 35.8 Å². The molecule has 1 aliphatic heterocycles. The van der Waals surface area contributed by atoms with Crippen molar-refractivity contribution in [2.45, 2.75) is 43.0 Å². The smallest absolute Gasteiger partial charge is 0.223 e. The van der Waals surface area contributed by atoms with Gasteiger partial charge in [0.15, 0.2) is 9.84 Å². The largest absolute Gasteiger partial charge is 0.371 e. The lowest BCUT2D eigenvalue weighted by Crippen LogP contribution is -2.45. The Bertz CT molecular complexity index is 1010. The first-order chi connectivity index (χ1) is 14.4. The van der Waals surface area contributed by atoms with Crippen LogP contribution in [0.2, 0.25) is 5.02 Å². The van der Waals surface area contributed by atoms with E-state index in [4.69, 9.17) is 11.6 Å². The van der Waals surface area contributed by atoms with E-state index < -0.39 is 9.84 Å². The van der Waals surface area contributed by atoms with Crippen LogP contribution in [0.3, 0.4) is 0 Å². The van der Waals surface area contributed by atoms with Crippen molar-refractivity contribution >= 4 is 33.0 Å². The van der Waals surface area contributed by atoms with E-state index in [1.165, 1.54) is 0 Å². The molecule has 1 saturated heterocycles. The first-order valence-corrected chi connectivity index (χ1v) is 12.5. The Kier molecular flexibility index (Phi) is 6.07. The van der Waals surface area contributed by atoms with Crippen LogP contribution in [0.4, 0.5) is 5.69 Å². The van der Waals surface area contributed by atoms with Crippen molar-refractivity contribution in [2.24, 2.45) is 5.92 Å². The van der Waals surface area contributed by atoms with Crippen LogP contribution in [0, 0.1) is 5.92 Å². The average Bonchev–Trinajstić information content (AvgIpc) is 3.56. The summed E-state index contributed by atoms with van der Waals surface area (Å²) in [7, 11) is -3.17. The van der Waals surface area contributed by atoms with Gasteiger partial charge in [0.2, 0.25) is 5.91 Å². The zero-order valence-electron chi connectivity index (χ0n) is 17.1. The number of benzene rings is 2. The minimum absolute atomic E-state index is 0.0241. The monoisotopic (exact) mass is 446 g/mol. The van der Waals surface area contributed by atoms with E-state index in [-0.39, 0.29) is 29.5 Å². The summed E-state index contributed by atoms with van der Waals surface area (Å²) in [5.74, 6) is 0.496. The Hall–Kier alpha value is -2.05. The molecule has 1 saturated carbocycles. The highest BCUT2D eigenvalue weighted by Gasteiger charge is 2.45. The summed E-state index contributed by atoms with van der Waals surface area (Å²) in [6.07, 6.45) is 2.62. The van der Waals surface area contributed by atoms with Gasteiger partial charge < -0.3 is 10.2 Å². The van der Waals surface area contributed by atoms with Crippen molar-refractivity contribution in [3.8, 4) is 0 Å². The number of sulfone groups is 1. The van der Waals surface area contributed by atoms with E-state index in [1.54, 1.807) is 19.1 Å². The fourth-order valence-electron chi connectivity index (χ4n) is 4.23. The summed E-state index contributed by atoms with van der Waals surface area (Å²) in [4.78, 5) is 15.3. The predicted octanol–water partition coefficient (Wildman–Crippen LogP) is 4.02. The molecule has 0 bridgehead atoms. The highest BCUT2D eigenvalue weighted by molar-refractivity contribution is 7.91. The van der Waals surface area contributed by atoms with Crippen LogP contribution in [0.25, 0.3) is 0 Å². The molecule has 2 fully saturated rings. The quantitative estimate of drug-likeness (QED) is 0.727. The number of piperidine rings is 1. The van der Waals surface area contributed by atoms with Gasteiger partial charge in [-0.1, -0.05) is 36.7 Å². The van der Waals surface area contributed by atoms with Gasteiger partial charge >= 0.3 is 0 Å². The zero-order chi connectivity index (χ0) is 21.3. The van der Waals surface area contributed by atoms with Gasteiger partial charge in [-0.05, 0) is 61.1 Å². The molecule has 1 aliphatic carbocycles. The minimum atomic E-state index is -3.17. The molecule has 2 aliphatic rings. The van der Waals surface area contributed by atoms with Crippen LogP contribution in [-0.4, -0.2) is 39.2 Å². The Morgan fingerprint density at radius 2 is 1.77 bits per heavy atom. The van der Waals surface area contributed by atoms with Crippen molar-refractivity contribution in [1.82, 2.24) is 5.32 Å². The molecule has 0 spiro atoms. The highest BCUT2D eigenvalue weighted by atomic mass is 35.5. The molecule has 0 radical (unpaired) electrons. The van der Waals surface area contributed by atoms with Crippen molar-refractivity contribution in [1.29, 1.82) is 0 Å². The standard InChI is InChI=1S/C23H27ClN2O3S/c1-2-30(28,29)18-9-7-17(8-10-18)26-13-11-16(12-14-26)25-23(27)21-15-20(21)19-5-3-4-6-22(19)24/h3-10,16,20-21H,2,11-15H2,1H3,(H,25,27). The fraction of sp³-hybridized carbons (Fsp3) is 0.435. The van der Waals surface area contributed by atoms with Crippen molar-refractivity contribution in [3.05, 3.63) is 59.1 Å². The normalized spacial score (nSPS) is 22.0. The third kappa shape index (κ3) is 4.49. The first kappa shape index (κ1) is 21.2. The lowest BCUT2D eigenvalue weighted by atomic mass is 10.0. The number of anilines is 1. The second-order valence-corrected chi connectivity index (χ2v) is 10.8. The molecule has 5 nitrogen and oxygen atoms in total. The summed E-state index contributed by atoms with van der Waals surface area (Å²) in [5.41, 5.74) is 2.10. The molecule has 4 rings (SSSR count). The Balaban J connectivity index is 1.28. The number of rotatable bonds is 6. The van der Waals surface area contributed by atoms with Crippen LogP contribution < -0.4 is 10.2 Å². The van der Waals surface area contributed by atoms with Gasteiger partial charge in [0.25, 0.3) is 0 Å². The summed E-state index contributed by atoms with van der Waals surface area (Å²) in [5, 5.41) is 3.96. The number of hydrogen-bond donors (Lipinski definition) is 1. The molecule has 7 heteroatoms. The van der Waals surface area contributed by atoms with E-state index in [9.17, 15) is 13.2 Å². The maximum atomic E-state index is 12.7. The molecular weight excluding hydrogens is 420 g/mol. The number of halogens is 1. The van der Waals surface area contributed by atoms with E-state index in [0.717, 1.165) is 48.6 Å². The van der Waals surface area contributed by atoms with Gasteiger partial charge in [-0.15, -0.1) is 0 Å². The molecule has 0 aromatic heterocycles. The number of nitrogens with one attached hydrogen (secondary N) is 1. The van der Waals surface area contributed by atoms with E-state index in [0.29, 0.717) is 4.90 Å². The zero-order valence-corrected chi connectivity index (χ0v) is 18.6. The number of amides is 1. The maximum absolute atomic E-state index is 12.7. The number of carbonyl (C=O) groups excluding carboxylic acids is 1. The van der Waals surface area contributed by atoms with Crippen LogP contribution >= 0.6 is 11.6 Å². The molecule has 2 unspecified atom stereocenters. The third-order valence-electron chi connectivity index (χ3n) is 6.21. The molecule has 2 aromatic carbocycles. The molecule has 160 valence electrons. The average molecular weight is 447 g/mol. The summed E-state index contributed by atoms with van der Waals surface area (Å²) in [6, 6.07) is 15.1. The molecular formula is C23H27ClN2O3S. The number of nitrogens with zero attached hydrogens (tertiary/aromatic N) is 1. The van der Waals surface area contributed by atoms with Crippen LogP contribution in [0.1, 0.15) is 37.7 Å². The van der Waals surface area contributed by atoms with Gasteiger partial charge in [-0.25, -0.2) is 8.42 Å². The summed E-state index contributed by atoms with van der Waals surface area (Å²) in [6.45, 7) is 3.33. The summed E-state index contributed by atoms with van der Waals surface area (Å²) >= 11 is 6.27. The van der Waals surface area contributed by atoms with Gasteiger partial charge in [-0.2, -0.15) is 0 Å². The van der Waals surface area contributed by atoms with Gasteiger partial charge in [0.05, 0.1) is 10.6 Å². The number of carbonyl (C=O) groups is 1. The maximum Gasteiger partial charge on any atom is 0.223 e. The Labute approximate surface area is 183 Å². The third-order valence-corrected chi connectivity index (χ3v) is 8.31. The van der Waals surface area contributed by atoms with Crippen LogP contribution in [-0.2, 0) is 14.6 Å². The van der Waals surface area contributed by atoms with Gasteiger partial charge in [0.1, 0.15) is 0 Å². The lowest BCUT2D eigenvalue weighted by Gasteiger charge is -2.34. The topological polar surface area (TPSA) is 66.5 Å². The molecule has 1 N–H and O–H groups in total. The molecule has 2 atom stereocenters. The lowest BCUT2D eigenvalue weighted by molar-refractivity contribution is -0.123. The molecule has 1 heterocycles. The second-order valence-electron chi connectivity index (χ2n) is 8.14. The molecule has 1 amide bonds.